The number of carbonyl (C=O) groups is 2. The minimum Gasteiger partial charge on any atom is -0.341 e. The van der Waals surface area contributed by atoms with E-state index in [-0.39, 0.29) is 18.2 Å². The first-order valence-corrected chi connectivity index (χ1v) is 7.64. The number of halogens is 1. The second-order valence-electron chi connectivity index (χ2n) is 5.09. The van der Waals surface area contributed by atoms with Crippen LogP contribution < -0.4 is 5.32 Å². The molecule has 1 aromatic rings. The summed E-state index contributed by atoms with van der Waals surface area (Å²) >= 11 is 3.38. The van der Waals surface area contributed by atoms with Gasteiger partial charge in [0.1, 0.15) is 0 Å². The third-order valence-electron chi connectivity index (χ3n) is 3.02. The van der Waals surface area contributed by atoms with Gasteiger partial charge in [0.15, 0.2) is 0 Å². The van der Waals surface area contributed by atoms with Crippen molar-refractivity contribution in [2.75, 3.05) is 39.0 Å². The average molecular weight is 356 g/mol. The van der Waals surface area contributed by atoms with Crippen LogP contribution in [0.15, 0.2) is 28.7 Å². The Bertz CT molecular complexity index is 492. The zero-order valence-electron chi connectivity index (χ0n) is 12.7. The van der Waals surface area contributed by atoms with Gasteiger partial charge in [-0.05, 0) is 42.2 Å². The molecule has 5 nitrogen and oxygen atoms in total. The van der Waals surface area contributed by atoms with Crippen molar-refractivity contribution in [3.63, 3.8) is 0 Å². The second-order valence-corrected chi connectivity index (χ2v) is 5.94. The zero-order valence-corrected chi connectivity index (χ0v) is 14.3. The summed E-state index contributed by atoms with van der Waals surface area (Å²) in [5.41, 5.74) is 0.741. The lowest BCUT2D eigenvalue weighted by Gasteiger charge is -2.22. The predicted octanol–water partition coefficient (Wildman–Crippen LogP) is 2.19. The predicted molar refractivity (Wildman–Crippen MR) is 88.2 cm³/mol. The number of para-hydroxylation sites is 1. The van der Waals surface area contributed by atoms with E-state index in [9.17, 15) is 9.59 Å². The Labute approximate surface area is 134 Å². The third-order valence-corrected chi connectivity index (χ3v) is 3.71. The van der Waals surface area contributed by atoms with Crippen LogP contribution in [0, 0.1) is 0 Å². The van der Waals surface area contributed by atoms with Crippen molar-refractivity contribution in [2.45, 2.75) is 13.3 Å². The summed E-state index contributed by atoms with van der Waals surface area (Å²) in [4.78, 5) is 27.2. The minimum absolute atomic E-state index is 0.00876. The molecule has 0 aliphatic heterocycles. The summed E-state index contributed by atoms with van der Waals surface area (Å²) in [7, 11) is 3.91. The van der Waals surface area contributed by atoms with Gasteiger partial charge in [0.25, 0.3) is 0 Å². The van der Waals surface area contributed by atoms with Crippen molar-refractivity contribution in [2.24, 2.45) is 0 Å². The molecule has 2 amide bonds. The smallest absolute Gasteiger partial charge is 0.226 e. The molecule has 1 aromatic carbocycles. The molecular weight excluding hydrogens is 334 g/mol. The van der Waals surface area contributed by atoms with Crippen LogP contribution in [0.4, 0.5) is 5.69 Å². The number of hydrogen-bond acceptors (Lipinski definition) is 3. The summed E-state index contributed by atoms with van der Waals surface area (Å²) in [5.74, 6) is -0.108. The first kappa shape index (κ1) is 17.7. The van der Waals surface area contributed by atoms with E-state index in [1.54, 1.807) is 4.90 Å². The van der Waals surface area contributed by atoms with Gasteiger partial charge in [-0.3, -0.25) is 9.59 Å². The monoisotopic (exact) mass is 355 g/mol. The lowest BCUT2D eigenvalue weighted by molar-refractivity contribution is -0.129. The molecule has 1 N–H and O–H groups in total. The molecule has 0 aliphatic rings. The molecule has 0 saturated heterocycles. The Balaban J connectivity index is 2.46. The van der Waals surface area contributed by atoms with Gasteiger partial charge < -0.3 is 15.1 Å². The van der Waals surface area contributed by atoms with Crippen molar-refractivity contribution in [1.82, 2.24) is 9.80 Å². The summed E-state index contributed by atoms with van der Waals surface area (Å²) in [6.07, 6.45) is 0.286. The number of anilines is 1. The van der Waals surface area contributed by atoms with Crippen LogP contribution in [0.2, 0.25) is 0 Å². The molecule has 0 fully saturated rings. The number of nitrogens with one attached hydrogen (secondary N) is 1. The minimum atomic E-state index is -0.0991. The van der Waals surface area contributed by atoms with Crippen LogP contribution in [-0.2, 0) is 9.59 Å². The number of rotatable bonds is 7. The molecule has 0 spiro atoms. The van der Waals surface area contributed by atoms with Crippen LogP contribution in [0.3, 0.4) is 0 Å². The van der Waals surface area contributed by atoms with E-state index in [1.165, 1.54) is 6.92 Å². The molecule has 6 heteroatoms. The Morgan fingerprint density at radius 1 is 1.14 bits per heavy atom. The Morgan fingerprint density at radius 3 is 2.38 bits per heavy atom. The second kappa shape index (κ2) is 8.79. The fourth-order valence-electron chi connectivity index (χ4n) is 1.76. The van der Waals surface area contributed by atoms with E-state index in [1.807, 2.05) is 43.3 Å². The lowest BCUT2D eigenvalue weighted by atomic mass is 10.3. The van der Waals surface area contributed by atoms with Gasteiger partial charge in [-0.15, -0.1) is 0 Å². The highest BCUT2D eigenvalue weighted by atomic mass is 79.9. The maximum Gasteiger partial charge on any atom is 0.226 e. The number of carbonyl (C=O) groups excluding carboxylic acids is 2. The number of amides is 2. The average Bonchev–Trinajstić information content (AvgIpc) is 2.40. The standard InChI is InChI=1S/C15H22BrN3O2/c1-12(20)19(11-10-18(2)3)9-8-15(21)17-14-7-5-4-6-13(14)16/h4-7H,8-11H2,1-3H3,(H,17,21). The molecule has 0 bridgehead atoms. The highest BCUT2D eigenvalue weighted by Crippen LogP contribution is 2.21. The Kier molecular flexibility index (Phi) is 7.39. The molecule has 21 heavy (non-hydrogen) atoms. The number of likely N-dealkylation sites (N-methyl/N-ethyl adjacent to an activating group) is 1. The van der Waals surface area contributed by atoms with Gasteiger partial charge in [0.2, 0.25) is 11.8 Å². The lowest BCUT2D eigenvalue weighted by Crippen LogP contribution is -2.37. The van der Waals surface area contributed by atoms with Crippen molar-refractivity contribution in [3.8, 4) is 0 Å². The number of benzene rings is 1. The van der Waals surface area contributed by atoms with Crippen molar-refractivity contribution in [3.05, 3.63) is 28.7 Å². The summed E-state index contributed by atoms with van der Waals surface area (Å²) in [5, 5.41) is 2.84. The molecule has 0 radical (unpaired) electrons. The quantitative estimate of drug-likeness (QED) is 0.815. The molecule has 0 aliphatic carbocycles. The SMILES string of the molecule is CC(=O)N(CCC(=O)Nc1ccccc1Br)CCN(C)C. The highest BCUT2D eigenvalue weighted by molar-refractivity contribution is 9.10. The molecule has 0 unspecified atom stereocenters. The van der Waals surface area contributed by atoms with Crippen LogP contribution >= 0.6 is 15.9 Å². The molecule has 0 atom stereocenters. The van der Waals surface area contributed by atoms with Gasteiger partial charge in [0.05, 0.1) is 5.69 Å². The maximum atomic E-state index is 11.9. The Hall–Kier alpha value is -1.40. The van der Waals surface area contributed by atoms with E-state index < -0.39 is 0 Å². The van der Waals surface area contributed by atoms with Crippen LogP contribution in [0.1, 0.15) is 13.3 Å². The highest BCUT2D eigenvalue weighted by Gasteiger charge is 2.12. The topological polar surface area (TPSA) is 52.7 Å². The molecular formula is C15H22BrN3O2. The molecule has 0 aromatic heterocycles. The van der Waals surface area contributed by atoms with Crippen LogP contribution in [0.5, 0.6) is 0 Å². The first-order chi connectivity index (χ1) is 9.90. The normalized spacial score (nSPS) is 10.5. The van der Waals surface area contributed by atoms with Gasteiger partial charge in [-0.2, -0.15) is 0 Å². The van der Waals surface area contributed by atoms with E-state index in [0.717, 1.165) is 16.7 Å². The number of hydrogen-bond donors (Lipinski definition) is 1. The van der Waals surface area contributed by atoms with Gasteiger partial charge in [-0.25, -0.2) is 0 Å². The van der Waals surface area contributed by atoms with Crippen molar-refractivity contribution in [1.29, 1.82) is 0 Å². The maximum absolute atomic E-state index is 11.9. The van der Waals surface area contributed by atoms with Crippen LogP contribution in [-0.4, -0.2) is 55.3 Å². The Morgan fingerprint density at radius 2 is 1.81 bits per heavy atom. The third kappa shape index (κ3) is 6.73. The fraction of sp³-hybridized carbons (Fsp3) is 0.467. The molecule has 116 valence electrons. The van der Waals surface area contributed by atoms with E-state index in [4.69, 9.17) is 0 Å². The molecule has 1 rings (SSSR count). The summed E-state index contributed by atoms with van der Waals surface area (Å²) < 4.78 is 0.842. The van der Waals surface area contributed by atoms with Crippen molar-refractivity contribution < 1.29 is 9.59 Å². The van der Waals surface area contributed by atoms with Gasteiger partial charge in [-0.1, -0.05) is 12.1 Å². The summed E-state index contributed by atoms with van der Waals surface area (Å²) in [6, 6.07) is 7.45. The number of nitrogens with zero attached hydrogens (tertiary/aromatic N) is 2. The van der Waals surface area contributed by atoms with Gasteiger partial charge >= 0.3 is 0 Å². The summed E-state index contributed by atoms with van der Waals surface area (Å²) in [6.45, 7) is 3.37. The largest absolute Gasteiger partial charge is 0.341 e. The van der Waals surface area contributed by atoms with Gasteiger partial charge in [0, 0.05) is 37.5 Å². The fourth-order valence-corrected chi connectivity index (χ4v) is 2.14. The van der Waals surface area contributed by atoms with E-state index in [2.05, 4.69) is 21.2 Å². The van der Waals surface area contributed by atoms with E-state index in [0.29, 0.717) is 13.1 Å². The van der Waals surface area contributed by atoms with E-state index >= 15 is 0 Å². The molecule has 0 saturated carbocycles. The molecule has 0 heterocycles. The van der Waals surface area contributed by atoms with Crippen molar-refractivity contribution >= 4 is 33.4 Å². The van der Waals surface area contributed by atoms with Crippen LogP contribution in [0.25, 0.3) is 0 Å². The zero-order chi connectivity index (χ0) is 15.8. The first-order valence-electron chi connectivity index (χ1n) is 6.84.